The molecule has 0 bridgehead atoms. The molecule has 1 aliphatic rings. The van der Waals surface area contributed by atoms with E-state index >= 15 is 0 Å². The van der Waals surface area contributed by atoms with E-state index in [1.54, 1.807) is 30.3 Å². The molecule has 0 aliphatic carbocycles. The first kappa shape index (κ1) is 17.3. The molecule has 126 valence electrons. The Bertz CT molecular complexity index is 879. The molecule has 1 unspecified atom stereocenters. The predicted octanol–water partition coefficient (Wildman–Crippen LogP) is 3.33. The van der Waals surface area contributed by atoms with Gasteiger partial charge in [0.25, 0.3) is 0 Å². The van der Waals surface area contributed by atoms with Crippen LogP contribution >= 0.6 is 23.4 Å². The summed E-state index contributed by atoms with van der Waals surface area (Å²) in [5.41, 5.74) is 2.06. The Kier molecular flexibility index (Phi) is 5.27. The van der Waals surface area contributed by atoms with Crippen LogP contribution in [0.15, 0.2) is 47.4 Å². The van der Waals surface area contributed by atoms with Crippen LogP contribution in [0.2, 0.25) is 5.02 Å². The van der Waals surface area contributed by atoms with Crippen LogP contribution < -0.4 is 10.6 Å². The maximum absolute atomic E-state index is 12.2. The number of carbonyl (C=O) groups is 2. The Morgan fingerprint density at radius 1 is 1.32 bits per heavy atom. The molecule has 2 amide bonds. The summed E-state index contributed by atoms with van der Waals surface area (Å²) in [4.78, 5) is 25.2. The maximum Gasteiger partial charge on any atom is 0.238 e. The fourth-order valence-electron chi connectivity index (χ4n) is 2.45. The Morgan fingerprint density at radius 3 is 2.96 bits per heavy atom. The Morgan fingerprint density at radius 2 is 2.16 bits per heavy atom. The van der Waals surface area contributed by atoms with E-state index in [4.69, 9.17) is 16.9 Å². The van der Waals surface area contributed by atoms with Crippen molar-refractivity contribution < 1.29 is 9.59 Å². The second-order valence-electron chi connectivity index (χ2n) is 5.53. The highest BCUT2D eigenvalue weighted by atomic mass is 35.5. The second-order valence-corrected chi connectivity index (χ2v) is 7.21. The molecule has 5 nitrogen and oxygen atoms in total. The van der Waals surface area contributed by atoms with Crippen molar-refractivity contribution in [2.24, 2.45) is 0 Å². The summed E-state index contributed by atoms with van der Waals surface area (Å²) in [5.74, 6) is -0.422. The molecule has 25 heavy (non-hydrogen) atoms. The number of anilines is 1. The summed E-state index contributed by atoms with van der Waals surface area (Å²) >= 11 is 7.28. The van der Waals surface area contributed by atoms with E-state index < -0.39 is 5.25 Å². The summed E-state index contributed by atoms with van der Waals surface area (Å²) in [6.45, 7) is 0.319. The van der Waals surface area contributed by atoms with Crippen LogP contribution in [0.4, 0.5) is 5.69 Å². The number of nitrogens with one attached hydrogen (secondary N) is 2. The van der Waals surface area contributed by atoms with Gasteiger partial charge in [-0.25, -0.2) is 0 Å². The number of thioether (sulfide) groups is 1. The molecule has 2 aromatic carbocycles. The molecule has 0 saturated carbocycles. The molecule has 7 heteroatoms. The third-order valence-electron chi connectivity index (χ3n) is 3.68. The van der Waals surface area contributed by atoms with Crippen LogP contribution in [0.1, 0.15) is 17.5 Å². The lowest BCUT2D eigenvalue weighted by Crippen LogP contribution is -2.34. The van der Waals surface area contributed by atoms with Crippen molar-refractivity contribution in [1.29, 1.82) is 5.26 Å². The molecule has 0 aromatic heterocycles. The molecule has 2 N–H and O–H groups in total. The number of hydrogen-bond acceptors (Lipinski definition) is 4. The van der Waals surface area contributed by atoms with Gasteiger partial charge in [0.2, 0.25) is 11.8 Å². The number of rotatable bonds is 4. The van der Waals surface area contributed by atoms with Gasteiger partial charge in [-0.2, -0.15) is 5.26 Å². The monoisotopic (exact) mass is 371 g/mol. The van der Waals surface area contributed by atoms with Gasteiger partial charge in [-0.1, -0.05) is 23.7 Å². The third-order valence-corrected chi connectivity index (χ3v) is 5.19. The smallest absolute Gasteiger partial charge is 0.238 e. The number of hydrogen-bond donors (Lipinski definition) is 2. The molecule has 1 aliphatic heterocycles. The number of amides is 2. The first-order valence-corrected chi connectivity index (χ1v) is 8.84. The molecular formula is C18H14ClN3O2S. The van der Waals surface area contributed by atoms with Crippen molar-refractivity contribution in [1.82, 2.24) is 5.32 Å². The van der Waals surface area contributed by atoms with Crippen LogP contribution in [0.3, 0.4) is 0 Å². The van der Waals surface area contributed by atoms with Gasteiger partial charge in [0.05, 0.1) is 22.6 Å². The van der Waals surface area contributed by atoms with Gasteiger partial charge in [-0.3, -0.25) is 9.59 Å². The minimum Gasteiger partial charge on any atom is -0.352 e. The molecule has 1 heterocycles. The first-order chi connectivity index (χ1) is 12.0. The average molecular weight is 372 g/mol. The lowest BCUT2D eigenvalue weighted by molar-refractivity contribution is -0.124. The predicted molar refractivity (Wildman–Crippen MR) is 97.3 cm³/mol. The van der Waals surface area contributed by atoms with E-state index in [0.717, 1.165) is 10.5 Å². The van der Waals surface area contributed by atoms with Crippen molar-refractivity contribution in [2.45, 2.75) is 23.1 Å². The number of nitriles is 1. The van der Waals surface area contributed by atoms with Crippen molar-refractivity contribution in [3.05, 3.63) is 58.6 Å². The fourth-order valence-corrected chi connectivity index (χ4v) is 3.71. The van der Waals surface area contributed by atoms with Gasteiger partial charge in [-0.15, -0.1) is 11.8 Å². The number of halogens is 1. The Hall–Kier alpha value is -2.49. The number of fused-ring (bicyclic) bond motifs is 1. The van der Waals surface area contributed by atoms with Crippen LogP contribution in [0.25, 0.3) is 0 Å². The van der Waals surface area contributed by atoms with E-state index in [-0.39, 0.29) is 18.2 Å². The number of nitrogens with zero attached hydrogens (tertiary/aromatic N) is 1. The molecule has 0 radical (unpaired) electrons. The van der Waals surface area contributed by atoms with E-state index in [1.165, 1.54) is 11.8 Å². The van der Waals surface area contributed by atoms with Crippen LogP contribution in [-0.4, -0.2) is 17.1 Å². The Balaban J connectivity index is 1.58. The van der Waals surface area contributed by atoms with Crippen LogP contribution in [0.5, 0.6) is 0 Å². The van der Waals surface area contributed by atoms with Crippen molar-refractivity contribution in [3.8, 4) is 6.07 Å². The molecule has 0 spiro atoms. The van der Waals surface area contributed by atoms with E-state index in [1.807, 2.05) is 12.1 Å². The topological polar surface area (TPSA) is 82.0 Å². The van der Waals surface area contributed by atoms with Crippen LogP contribution in [0, 0.1) is 11.3 Å². The van der Waals surface area contributed by atoms with Crippen molar-refractivity contribution >= 4 is 40.9 Å². The lowest BCUT2D eigenvalue weighted by atomic mass is 10.1. The molecule has 0 saturated heterocycles. The molecular weight excluding hydrogens is 358 g/mol. The third kappa shape index (κ3) is 4.32. The minimum absolute atomic E-state index is 0.0799. The minimum atomic E-state index is -0.487. The van der Waals surface area contributed by atoms with E-state index in [0.29, 0.717) is 22.8 Å². The fraction of sp³-hybridized carbons (Fsp3) is 0.167. The summed E-state index contributed by atoms with van der Waals surface area (Å²) < 4.78 is 0. The summed E-state index contributed by atoms with van der Waals surface area (Å²) in [5, 5.41) is 14.5. The van der Waals surface area contributed by atoms with Gasteiger partial charge in [0.15, 0.2) is 0 Å². The molecule has 0 fully saturated rings. The standard InChI is InChI=1S/C18H14ClN3O2S/c19-13-4-5-15-14(7-13)22-18(24)16(25-15)8-17(23)21-10-12-3-1-2-11(6-12)9-20/h1-7,16H,8,10H2,(H,21,23)(H,22,24). The number of benzene rings is 2. The van der Waals surface area contributed by atoms with Gasteiger partial charge in [0.1, 0.15) is 0 Å². The SMILES string of the molecule is N#Cc1cccc(CNC(=O)CC2Sc3ccc(Cl)cc3NC2=O)c1. The zero-order valence-corrected chi connectivity index (χ0v) is 14.7. The van der Waals surface area contributed by atoms with E-state index in [9.17, 15) is 9.59 Å². The molecule has 1 atom stereocenters. The van der Waals surface area contributed by atoms with Gasteiger partial charge < -0.3 is 10.6 Å². The largest absolute Gasteiger partial charge is 0.352 e. The summed E-state index contributed by atoms with van der Waals surface area (Å²) in [6.07, 6.45) is 0.0799. The number of carbonyl (C=O) groups excluding carboxylic acids is 2. The summed E-state index contributed by atoms with van der Waals surface area (Å²) in [6, 6.07) is 14.4. The van der Waals surface area contributed by atoms with Gasteiger partial charge >= 0.3 is 0 Å². The highest BCUT2D eigenvalue weighted by Gasteiger charge is 2.29. The van der Waals surface area contributed by atoms with Gasteiger partial charge in [-0.05, 0) is 35.9 Å². The molecule has 2 aromatic rings. The lowest BCUT2D eigenvalue weighted by Gasteiger charge is -2.23. The normalized spacial score (nSPS) is 15.7. The van der Waals surface area contributed by atoms with E-state index in [2.05, 4.69) is 16.7 Å². The van der Waals surface area contributed by atoms with Gasteiger partial charge in [0, 0.05) is 22.9 Å². The quantitative estimate of drug-likeness (QED) is 0.863. The molecule has 3 rings (SSSR count). The first-order valence-electron chi connectivity index (χ1n) is 7.58. The summed E-state index contributed by atoms with van der Waals surface area (Å²) in [7, 11) is 0. The van der Waals surface area contributed by atoms with Crippen molar-refractivity contribution in [2.75, 3.05) is 5.32 Å². The Labute approximate surface area is 154 Å². The average Bonchev–Trinajstić information content (AvgIpc) is 2.61. The second kappa shape index (κ2) is 7.60. The highest BCUT2D eigenvalue weighted by Crippen LogP contribution is 2.38. The zero-order chi connectivity index (χ0) is 17.8. The zero-order valence-electron chi connectivity index (χ0n) is 13.1. The highest BCUT2D eigenvalue weighted by molar-refractivity contribution is 8.01. The maximum atomic E-state index is 12.2. The van der Waals surface area contributed by atoms with Crippen molar-refractivity contribution in [3.63, 3.8) is 0 Å². The van der Waals surface area contributed by atoms with Crippen LogP contribution in [-0.2, 0) is 16.1 Å².